The number of methoxy groups -OCH3 is 1. The number of benzene rings is 1. The van der Waals surface area contributed by atoms with Gasteiger partial charge in [0.25, 0.3) is 0 Å². The van der Waals surface area contributed by atoms with Gasteiger partial charge in [-0.3, -0.25) is 4.79 Å². The van der Waals surface area contributed by atoms with Crippen LogP contribution in [0.2, 0.25) is 0 Å². The third-order valence-corrected chi connectivity index (χ3v) is 4.57. The summed E-state index contributed by atoms with van der Waals surface area (Å²) in [5.41, 5.74) is 7.88. The minimum atomic E-state index is -0.362. The van der Waals surface area contributed by atoms with Crippen molar-refractivity contribution in [1.82, 2.24) is 9.97 Å². The number of hydrogen-bond donors (Lipinski definition) is 2. The predicted molar refractivity (Wildman–Crippen MR) is 117 cm³/mol. The van der Waals surface area contributed by atoms with Gasteiger partial charge in [0.05, 0.1) is 18.5 Å². The maximum atomic E-state index is 14.2. The molecule has 3 rings (SSSR count). The fraction of sp³-hybridized carbons (Fsp3) is 0.261. The lowest BCUT2D eigenvalue weighted by molar-refractivity contribution is 0.0988. The Bertz CT molecular complexity index is 1010. The van der Waals surface area contributed by atoms with E-state index >= 15 is 0 Å². The number of pyridine rings is 2. The standard InChI is InChI=1S/C23H25FN4O3/c1-30-10-3-11-31-18-6-8-20(28-15-18)22(29)13-16-5-7-19(24)17(12-16)14-27-21-4-2-9-26-23(21)25/h2,4-9,12,15,27H,3,10-11,13-14H2,1H3,(H2,25,26). The number of hydrogen-bond acceptors (Lipinski definition) is 7. The second kappa shape index (κ2) is 11.0. The highest BCUT2D eigenvalue weighted by Crippen LogP contribution is 2.18. The van der Waals surface area contributed by atoms with Crippen LogP contribution in [0.1, 0.15) is 28.0 Å². The smallest absolute Gasteiger partial charge is 0.185 e. The Labute approximate surface area is 180 Å². The van der Waals surface area contributed by atoms with Crippen molar-refractivity contribution < 1.29 is 18.7 Å². The van der Waals surface area contributed by atoms with Crippen molar-refractivity contribution in [2.45, 2.75) is 19.4 Å². The Kier molecular flexibility index (Phi) is 7.89. The van der Waals surface area contributed by atoms with Gasteiger partial charge in [-0.1, -0.05) is 12.1 Å². The molecular formula is C23H25FN4O3. The molecule has 0 saturated heterocycles. The summed E-state index contributed by atoms with van der Waals surface area (Å²) in [5.74, 6) is 0.413. The summed E-state index contributed by atoms with van der Waals surface area (Å²) in [4.78, 5) is 20.8. The first-order valence-corrected chi connectivity index (χ1v) is 9.89. The van der Waals surface area contributed by atoms with Gasteiger partial charge < -0.3 is 20.5 Å². The van der Waals surface area contributed by atoms with Gasteiger partial charge in [-0.05, 0) is 35.9 Å². The minimum absolute atomic E-state index is 0.114. The number of nitrogen functional groups attached to an aromatic ring is 1. The number of nitrogens with two attached hydrogens (primary N) is 1. The van der Waals surface area contributed by atoms with Crippen LogP contribution in [0.25, 0.3) is 0 Å². The molecule has 7 nitrogen and oxygen atoms in total. The Morgan fingerprint density at radius 3 is 2.77 bits per heavy atom. The number of halogens is 1. The van der Waals surface area contributed by atoms with E-state index in [2.05, 4.69) is 15.3 Å². The van der Waals surface area contributed by atoms with Crippen LogP contribution < -0.4 is 15.8 Å². The van der Waals surface area contributed by atoms with E-state index in [-0.39, 0.29) is 24.6 Å². The number of rotatable bonds is 11. The number of ketones is 1. The molecule has 3 aromatic rings. The van der Waals surface area contributed by atoms with Crippen LogP contribution in [0, 0.1) is 5.82 Å². The molecule has 8 heteroatoms. The first-order chi connectivity index (χ1) is 15.1. The first kappa shape index (κ1) is 22.2. The molecule has 0 radical (unpaired) electrons. The fourth-order valence-corrected chi connectivity index (χ4v) is 2.93. The second-order valence-corrected chi connectivity index (χ2v) is 6.89. The quantitative estimate of drug-likeness (QED) is 0.358. The van der Waals surface area contributed by atoms with Gasteiger partial charge >= 0.3 is 0 Å². The number of anilines is 2. The van der Waals surface area contributed by atoms with Crippen LogP contribution >= 0.6 is 0 Å². The first-order valence-electron chi connectivity index (χ1n) is 9.89. The molecule has 0 unspecified atom stereocenters. The summed E-state index contributed by atoms with van der Waals surface area (Å²) < 4.78 is 24.7. The summed E-state index contributed by atoms with van der Waals surface area (Å²) in [7, 11) is 1.64. The highest BCUT2D eigenvalue weighted by atomic mass is 19.1. The zero-order chi connectivity index (χ0) is 22.1. The Balaban J connectivity index is 1.59. The summed E-state index contributed by atoms with van der Waals surface area (Å²) in [6.45, 7) is 1.35. The van der Waals surface area contributed by atoms with Crippen LogP contribution in [0.15, 0.2) is 54.9 Å². The maximum Gasteiger partial charge on any atom is 0.185 e. The fourth-order valence-electron chi connectivity index (χ4n) is 2.93. The van der Waals surface area contributed by atoms with Gasteiger partial charge in [-0.25, -0.2) is 14.4 Å². The summed E-state index contributed by atoms with van der Waals surface area (Å²) in [6.07, 6.45) is 4.00. The normalized spacial score (nSPS) is 10.6. The van der Waals surface area contributed by atoms with Crippen molar-refractivity contribution in [3.8, 4) is 5.75 Å². The van der Waals surface area contributed by atoms with E-state index in [0.29, 0.717) is 47.3 Å². The second-order valence-electron chi connectivity index (χ2n) is 6.89. The van der Waals surface area contributed by atoms with E-state index < -0.39 is 0 Å². The van der Waals surface area contributed by atoms with Crippen LogP contribution in [-0.2, 0) is 17.7 Å². The largest absolute Gasteiger partial charge is 0.492 e. The highest BCUT2D eigenvalue weighted by Gasteiger charge is 2.12. The summed E-state index contributed by atoms with van der Waals surface area (Å²) in [5, 5.41) is 3.07. The molecule has 2 heterocycles. The van der Waals surface area contributed by atoms with Gasteiger partial charge in [0.1, 0.15) is 23.1 Å². The van der Waals surface area contributed by atoms with Gasteiger partial charge in [0.15, 0.2) is 5.78 Å². The molecule has 0 aliphatic rings. The van der Waals surface area contributed by atoms with Crippen molar-refractivity contribution in [2.24, 2.45) is 0 Å². The Hall–Kier alpha value is -3.52. The molecule has 2 aromatic heterocycles. The van der Waals surface area contributed by atoms with Gasteiger partial charge in [-0.15, -0.1) is 0 Å². The lowest BCUT2D eigenvalue weighted by Gasteiger charge is -2.10. The van der Waals surface area contributed by atoms with E-state index in [4.69, 9.17) is 15.2 Å². The SMILES string of the molecule is COCCCOc1ccc(C(=O)Cc2ccc(F)c(CNc3cccnc3N)c2)nc1. The van der Waals surface area contributed by atoms with Crippen molar-refractivity contribution in [3.63, 3.8) is 0 Å². The highest BCUT2D eigenvalue weighted by molar-refractivity contribution is 5.95. The van der Waals surface area contributed by atoms with Gasteiger partial charge in [-0.2, -0.15) is 0 Å². The molecule has 0 fully saturated rings. The molecule has 0 aliphatic carbocycles. The number of nitrogens with zero attached hydrogens (tertiary/aromatic N) is 2. The summed E-state index contributed by atoms with van der Waals surface area (Å²) >= 11 is 0. The minimum Gasteiger partial charge on any atom is -0.492 e. The molecule has 0 atom stereocenters. The van der Waals surface area contributed by atoms with Crippen molar-refractivity contribution in [1.29, 1.82) is 0 Å². The molecule has 0 spiro atoms. The van der Waals surface area contributed by atoms with E-state index in [1.54, 1.807) is 49.7 Å². The number of carbonyl (C=O) groups is 1. The molecule has 0 bridgehead atoms. The number of nitrogens with one attached hydrogen (secondary N) is 1. The Morgan fingerprint density at radius 1 is 1.16 bits per heavy atom. The van der Waals surface area contributed by atoms with Gasteiger partial charge in [0.2, 0.25) is 0 Å². The predicted octanol–water partition coefficient (Wildman–Crippen LogP) is 3.65. The molecule has 1 aromatic carbocycles. The zero-order valence-corrected chi connectivity index (χ0v) is 17.3. The summed E-state index contributed by atoms with van der Waals surface area (Å²) in [6, 6.07) is 11.5. The van der Waals surface area contributed by atoms with Crippen molar-refractivity contribution in [3.05, 3.63) is 77.5 Å². The lowest BCUT2D eigenvalue weighted by atomic mass is 10.0. The molecule has 0 amide bonds. The van der Waals surface area contributed by atoms with Gasteiger partial charge in [0, 0.05) is 44.9 Å². The molecule has 31 heavy (non-hydrogen) atoms. The van der Waals surface area contributed by atoms with Crippen molar-refractivity contribution >= 4 is 17.3 Å². The number of ether oxygens (including phenoxy) is 2. The van der Waals surface area contributed by atoms with Crippen LogP contribution in [0.5, 0.6) is 5.75 Å². The third-order valence-electron chi connectivity index (χ3n) is 4.57. The van der Waals surface area contributed by atoms with Crippen LogP contribution in [0.3, 0.4) is 0 Å². The average Bonchev–Trinajstić information content (AvgIpc) is 2.78. The van der Waals surface area contributed by atoms with E-state index in [1.807, 2.05) is 0 Å². The van der Waals surface area contributed by atoms with Crippen LogP contribution in [-0.4, -0.2) is 36.1 Å². The molecule has 0 saturated carbocycles. The van der Waals surface area contributed by atoms with E-state index in [9.17, 15) is 9.18 Å². The van der Waals surface area contributed by atoms with E-state index in [1.165, 1.54) is 12.3 Å². The maximum absolute atomic E-state index is 14.2. The zero-order valence-electron chi connectivity index (χ0n) is 17.3. The monoisotopic (exact) mass is 424 g/mol. The van der Waals surface area contributed by atoms with E-state index in [0.717, 1.165) is 6.42 Å². The number of aromatic nitrogens is 2. The average molecular weight is 424 g/mol. The number of Topliss-reactive ketones (excluding diaryl/α,β-unsaturated/α-hetero) is 1. The lowest BCUT2D eigenvalue weighted by Crippen LogP contribution is -2.09. The molecular weight excluding hydrogens is 399 g/mol. The van der Waals surface area contributed by atoms with Crippen molar-refractivity contribution in [2.75, 3.05) is 31.4 Å². The Morgan fingerprint density at radius 2 is 2.03 bits per heavy atom. The number of carbonyl (C=O) groups excluding carboxylic acids is 1. The molecule has 0 aliphatic heterocycles. The molecule has 3 N–H and O–H groups in total. The third kappa shape index (κ3) is 6.48. The van der Waals surface area contributed by atoms with Crippen LogP contribution in [0.4, 0.5) is 15.9 Å². The molecule has 162 valence electrons. The topological polar surface area (TPSA) is 99.4 Å².